The van der Waals surface area contributed by atoms with Gasteiger partial charge in [0.05, 0.1) is 19.8 Å². The summed E-state index contributed by atoms with van der Waals surface area (Å²) in [4.78, 5) is 0. The largest absolute Gasteiger partial charge is 0.388 e. The molecule has 1 heterocycles. The number of rotatable bonds is 11. The molecular weight excluding hydrogens is 272 g/mol. The van der Waals surface area contributed by atoms with E-state index in [0.717, 1.165) is 6.42 Å². The van der Waals surface area contributed by atoms with Gasteiger partial charge >= 0.3 is 0 Å². The van der Waals surface area contributed by atoms with Crippen LogP contribution in [0, 0.1) is 0 Å². The van der Waals surface area contributed by atoms with Crippen molar-refractivity contribution in [2.24, 2.45) is 0 Å². The second-order valence-electron chi connectivity index (χ2n) is 5.63. The van der Waals surface area contributed by atoms with E-state index in [4.69, 9.17) is 9.47 Å². The van der Waals surface area contributed by atoms with Crippen LogP contribution in [-0.4, -0.2) is 59.6 Å². The SMILES string of the molecule is CCCCCCC/C=C/COC[C@H](O)[C@H]1OC[C@@H](O)[C@H]1O. The molecule has 1 saturated heterocycles. The molecule has 0 aromatic rings. The minimum Gasteiger partial charge on any atom is -0.388 e. The molecule has 1 fully saturated rings. The molecule has 124 valence electrons. The first-order valence-corrected chi connectivity index (χ1v) is 8.05. The number of hydrogen-bond acceptors (Lipinski definition) is 5. The monoisotopic (exact) mass is 302 g/mol. The van der Waals surface area contributed by atoms with Crippen LogP contribution >= 0.6 is 0 Å². The Morgan fingerprint density at radius 1 is 1.19 bits per heavy atom. The Morgan fingerprint density at radius 2 is 1.95 bits per heavy atom. The van der Waals surface area contributed by atoms with E-state index in [1.54, 1.807) is 0 Å². The zero-order valence-electron chi connectivity index (χ0n) is 13.0. The topological polar surface area (TPSA) is 79.2 Å². The average molecular weight is 302 g/mol. The summed E-state index contributed by atoms with van der Waals surface area (Å²) < 4.78 is 10.5. The molecule has 21 heavy (non-hydrogen) atoms. The van der Waals surface area contributed by atoms with Crippen molar-refractivity contribution in [3.05, 3.63) is 12.2 Å². The van der Waals surface area contributed by atoms with Crippen LogP contribution in [-0.2, 0) is 9.47 Å². The van der Waals surface area contributed by atoms with E-state index in [9.17, 15) is 15.3 Å². The normalized spacial score (nSPS) is 27.5. The highest BCUT2D eigenvalue weighted by molar-refractivity contribution is 4.88. The predicted molar refractivity (Wildman–Crippen MR) is 81.1 cm³/mol. The fraction of sp³-hybridized carbons (Fsp3) is 0.875. The molecule has 1 aliphatic heterocycles. The molecule has 4 atom stereocenters. The summed E-state index contributed by atoms with van der Waals surface area (Å²) in [6, 6.07) is 0. The van der Waals surface area contributed by atoms with Gasteiger partial charge in [0.25, 0.3) is 0 Å². The standard InChI is InChI=1S/C16H30O5/c1-2-3-4-5-6-7-8-9-10-20-11-14(18)16-15(19)13(17)12-21-16/h8-9,13-19H,2-7,10-12H2,1H3/b9-8+/t13-,14+,15-,16-/m1/s1. The minimum absolute atomic E-state index is 0.0564. The van der Waals surface area contributed by atoms with Crippen molar-refractivity contribution >= 4 is 0 Å². The third-order valence-electron chi connectivity index (χ3n) is 3.71. The van der Waals surface area contributed by atoms with Crippen LogP contribution in [0.15, 0.2) is 12.2 Å². The fourth-order valence-electron chi connectivity index (χ4n) is 2.37. The molecule has 3 N–H and O–H groups in total. The molecule has 0 amide bonds. The lowest BCUT2D eigenvalue weighted by atomic mass is 10.1. The van der Waals surface area contributed by atoms with E-state index < -0.39 is 24.4 Å². The Bertz CT molecular complexity index is 282. The lowest BCUT2D eigenvalue weighted by molar-refractivity contribution is -0.0782. The average Bonchev–Trinajstić information content (AvgIpc) is 2.81. The highest BCUT2D eigenvalue weighted by Gasteiger charge is 2.39. The van der Waals surface area contributed by atoms with Crippen LogP contribution in [0.4, 0.5) is 0 Å². The zero-order chi connectivity index (χ0) is 15.5. The summed E-state index contributed by atoms with van der Waals surface area (Å²) in [5, 5.41) is 28.7. The number of allylic oxidation sites excluding steroid dienone is 1. The van der Waals surface area contributed by atoms with Crippen LogP contribution in [0.25, 0.3) is 0 Å². The summed E-state index contributed by atoms with van der Waals surface area (Å²) in [6.07, 6.45) is 7.85. The van der Waals surface area contributed by atoms with Gasteiger partial charge in [0.1, 0.15) is 24.4 Å². The first kappa shape index (κ1) is 18.6. The maximum atomic E-state index is 9.82. The third kappa shape index (κ3) is 7.38. The molecule has 0 unspecified atom stereocenters. The maximum absolute atomic E-state index is 9.82. The van der Waals surface area contributed by atoms with Gasteiger partial charge in [0, 0.05) is 0 Å². The lowest BCUT2D eigenvalue weighted by Crippen LogP contribution is -2.40. The molecule has 0 aliphatic carbocycles. The summed E-state index contributed by atoms with van der Waals surface area (Å²) in [7, 11) is 0. The van der Waals surface area contributed by atoms with Gasteiger partial charge in [-0.2, -0.15) is 0 Å². The van der Waals surface area contributed by atoms with Gasteiger partial charge in [-0.05, 0) is 12.8 Å². The molecule has 0 bridgehead atoms. The van der Waals surface area contributed by atoms with Crippen molar-refractivity contribution in [3.63, 3.8) is 0 Å². The zero-order valence-corrected chi connectivity index (χ0v) is 13.0. The Balaban J connectivity index is 1.98. The first-order valence-electron chi connectivity index (χ1n) is 8.05. The Kier molecular flexibility index (Phi) is 9.87. The number of hydrogen-bond donors (Lipinski definition) is 3. The summed E-state index contributed by atoms with van der Waals surface area (Å²) in [5.74, 6) is 0. The van der Waals surface area contributed by atoms with Gasteiger partial charge in [0.2, 0.25) is 0 Å². The van der Waals surface area contributed by atoms with Crippen LogP contribution in [0.1, 0.15) is 45.4 Å². The van der Waals surface area contributed by atoms with Gasteiger partial charge < -0.3 is 24.8 Å². The molecule has 0 spiro atoms. The highest BCUT2D eigenvalue weighted by Crippen LogP contribution is 2.17. The van der Waals surface area contributed by atoms with Gasteiger partial charge in [-0.25, -0.2) is 0 Å². The Hall–Kier alpha value is -0.460. The molecule has 0 aromatic heterocycles. The van der Waals surface area contributed by atoms with E-state index in [1.807, 2.05) is 6.08 Å². The Labute approximate surface area is 127 Å². The van der Waals surface area contributed by atoms with Crippen molar-refractivity contribution in [2.75, 3.05) is 19.8 Å². The van der Waals surface area contributed by atoms with Crippen molar-refractivity contribution in [1.82, 2.24) is 0 Å². The quantitative estimate of drug-likeness (QED) is 0.397. The van der Waals surface area contributed by atoms with E-state index in [2.05, 4.69) is 13.0 Å². The molecule has 1 rings (SSSR count). The lowest BCUT2D eigenvalue weighted by Gasteiger charge is -2.20. The van der Waals surface area contributed by atoms with Crippen LogP contribution in [0.2, 0.25) is 0 Å². The number of unbranched alkanes of at least 4 members (excludes halogenated alkanes) is 5. The summed E-state index contributed by atoms with van der Waals surface area (Å²) >= 11 is 0. The van der Waals surface area contributed by atoms with E-state index >= 15 is 0 Å². The summed E-state index contributed by atoms with van der Waals surface area (Å²) in [6.45, 7) is 2.80. The van der Waals surface area contributed by atoms with Crippen LogP contribution in [0.3, 0.4) is 0 Å². The van der Waals surface area contributed by atoms with E-state index in [0.29, 0.717) is 6.61 Å². The first-order chi connectivity index (χ1) is 10.2. The maximum Gasteiger partial charge on any atom is 0.114 e. The van der Waals surface area contributed by atoms with Crippen LogP contribution < -0.4 is 0 Å². The van der Waals surface area contributed by atoms with Crippen molar-refractivity contribution in [2.45, 2.75) is 69.9 Å². The van der Waals surface area contributed by atoms with Gasteiger partial charge in [-0.15, -0.1) is 0 Å². The molecular formula is C16H30O5. The van der Waals surface area contributed by atoms with E-state index in [1.165, 1.54) is 32.1 Å². The number of ether oxygens (including phenoxy) is 2. The van der Waals surface area contributed by atoms with Crippen molar-refractivity contribution < 1.29 is 24.8 Å². The molecule has 5 nitrogen and oxygen atoms in total. The van der Waals surface area contributed by atoms with E-state index in [-0.39, 0.29) is 13.2 Å². The molecule has 0 aromatic carbocycles. The van der Waals surface area contributed by atoms with Crippen molar-refractivity contribution in [1.29, 1.82) is 0 Å². The van der Waals surface area contributed by atoms with Gasteiger partial charge in [-0.1, -0.05) is 44.8 Å². The second kappa shape index (κ2) is 11.2. The molecule has 0 radical (unpaired) electrons. The third-order valence-corrected chi connectivity index (χ3v) is 3.71. The predicted octanol–water partition coefficient (Wildman–Crippen LogP) is 1.40. The Morgan fingerprint density at radius 3 is 2.62 bits per heavy atom. The number of aliphatic hydroxyl groups excluding tert-OH is 3. The fourth-order valence-corrected chi connectivity index (χ4v) is 2.37. The number of aliphatic hydroxyl groups is 3. The highest BCUT2D eigenvalue weighted by atomic mass is 16.5. The smallest absolute Gasteiger partial charge is 0.114 e. The summed E-state index contributed by atoms with van der Waals surface area (Å²) in [5.41, 5.74) is 0. The molecule has 5 heteroatoms. The van der Waals surface area contributed by atoms with Gasteiger partial charge in [-0.3, -0.25) is 0 Å². The molecule has 0 saturated carbocycles. The van der Waals surface area contributed by atoms with Crippen molar-refractivity contribution in [3.8, 4) is 0 Å². The van der Waals surface area contributed by atoms with Crippen LogP contribution in [0.5, 0.6) is 0 Å². The minimum atomic E-state index is -1.04. The van der Waals surface area contributed by atoms with Gasteiger partial charge in [0.15, 0.2) is 0 Å². The second-order valence-corrected chi connectivity index (χ2v) is 5.63. The molecule has 1 aliphatic rings.